The number of hydrogen-bond acceptors (Lipinski definition) is 4. The third-order valence-corrected chi connectivity index (χ3v) is 3.21. The molecule has 5 nitrogen and oxygen atoms in total. The maximum atomic E-state index is 13.6. The van der Waals surface area contributed by atoms with Gasteiger partial charge in [0, 0.05) is 0 Å². The van der Waals surface area contributed by atoms with Crippen LogP contribution in [0.15, 0.2) is 51.7 Å². The highest BCUT2D eigenvalue weighted by atomic mass is 19.1. The number of carbonyl (C=O) groups excluding carboxylic acids is 1. The Morgan fingerprint density at radius 2 is 1.70 bits per heavy atom. The zero-order valence-electron chi connectivity index (χ0n) is 11.5. The van der Waals surface area contributed by atoms with Gasteiger partial charge in [0.05, 0.1) is 5.39 Å². The summed E-state index contributed by atoms with van der Waals surface area (Å²) in [4.78, 5) is 23.9. The number of nitrogens with one attached hydrogen (secondary N) is 1. The standard InChI is InChI=1S/C16H9F2NO4/c17-9-5-3-6-10(18)12(9)15(21)19-13-14(20)8-4-1-2-7-11(8)23-16(13)22/h1-7,20H,(H,19,21). The van der Waals surface area contributed by atoms with Gasteiger partial charge in [0.2, 0.25) is 0 Å². The first-order valence-electron chi connectivity index (χ1n) is 6.49. The summed E-state index contributed by atoms with van der Waals surface area (Å²) in [6.45, 7) is 0. The minimum Gasteiger partial charge on any atom is -0.505 e. The van der Waals surface area contributed by atoms with Crippen molar-refractivity contribution in [3.05, 3.63) is 70.1 Å². The van der Waals surface area contributed by atoms with E-state index in [1.807, 2.05) is 5.32 Å². The molecule has 0 atom stereocenters. The molecule has 2 aromatic carbocycles. The first-order valence-corrected chi connectivity index (χ1v) is 6.49. The molecule has 1 aromatic heterocycles. The van der Waals surface area contributed by atoms with Crippen LogP contribution in [0, 0.1) is 11.6 Å². The van der Waals surface area contributed by atoms with Crippen molar-refractivity contribution in [1.29, 1.82) is 0 Å². The van der Waals surface area contributed by atoms with Crippen LogP contribution in [0.3, 0.4) is 0 Å². The molecule has 7 heteroatoms. The van der Waals surface area contributed by atoms with Crippen molar-refractivity contribution in [1.82, 2.24) is 0 Å². The molecule has 0 spiro atoms. The summed E-state index contributed by atoms with van der Waals surface area (Å²) < 4.78 is 32.1. The lowest BCUT2D eigenvalue weighted by Gasteiger charge is -2.09. The molecule has 0 fully saturated rings. The molecular formula is C16H9F2NO4. The Labute approximate surface area is 127 Å². The SMILES string of the molecule is O=C(Nc1c(O)c2ccccc2oc1=O)c1c(F)cccc1F. The first-order chi connectivity index (χ1) is 11.0. The van der Waals surface area contributed by atoms with Crippen LogP contribution in [0.1, 0.15) is 10.4 Å². The summed E-state index contributed by atoms with van der Waals surface area (Å²) in [6.07, 6.45) is 0. The number of carbonyl (C=O) groups is 1. The quantitative estimate of drug-likeness (QED) is 0.712. The Bertz CT molecular complexity index is 961. The van der Waals surface area contributed by atoms with Crippen LogP contribution in [-0.4, -0.2) is 11.0 Å². The lowest BCUT2D eigenvalue weighted by molar-refractivity contribution is 0.101. The van der Waals surface area contributed by atoms with Crippen molar-refractivity contribution in [2.75, 3.05) is 5.32 Å². The topological polar surface area (TPSA) is 79.5 Å². The van der Waals surface area contributed by atoms with Crippen LogP contribution < -0.4 is 10.9 Å². The molecule has 1 heterocycles. The summed E-state index contributed by atoms with van der Waals surface area (Å²) >= 11 is 0. The summed E-state index contributed by atoms with van der Waals surface area (Å²) in [5, 5.41) is 12.3. The van der Waals surface area contributed by atoms with Gasteiger partial charge in [0.25, 0.3) is 5.91 Å². The average molecular weight is 317 g/mol. The highest BCUT2D eigenvalue weighted by Crippen LogP contribution is 2.29. The summed E-state index contributed by atoms with van der Waals surface area (Å²) in [5.74, 6) is -3.93. The van der Waals surface area contributed by atoms with Crippen LogP contribution in [0.4, 0.5) is 14.5 Å². The highest BCUT2D eigenvalue weighted by Gasteiger charge is 2.21. The number of para-hydroxylation sites is 1. The Hall–Kier alpha value is -3.22. The van der Waals surface area contributed by atoms with Crippen molar-refractivity contribution in [2.45, 2.75) is 0 Å². The molecule has 3 aromatic rings. The van der Waals surface area contributed by atoms with Gasteiger partial charge in [-0.3, -0.25) is 4.79 Å². The van der Waals surface area contributed by atoms with Crippen LogP contribution in [-0.2, 0) is 0 Å². The number of aromatic hydroxyl groups is 1. The van der Waals surface area contributed by atoms with E-state index in [1.54, 1.807) is 12.1 Å². The van der Waals surface area contributed by atoms with E-state index in [-0.39, 0.29) is 11.0 Å². The second-order valence-electron chi connectivity index (χ2n) is 4.66. The minimum atomic E-state index is -1.21. The van der Waals surface area contributed by atoms with E-state index >= 15 is 0 Å². The number of anilines is 1. The summed E-state index contributed by atoms with van der Waals surface area (Å²) in [6, 6.07) is 9.01. The van der Waals surface area contributed by atoms with Gasteiger partial charge in [0.15, 0.2) is 11.4 Å². The second kappa shape index (κ2) is 5.53. The number of amides is 1. The monoisotopic (exact) mass is 317 g/mol. The zero-order valence-corrected chi connectivity index (χ0v) is 11.5. The Morgan fingerprint density at radius 1 is 1.04 bits per heavy atom. The predicted molar refractivity (Wildman–Crippen MR) is 78.5 cm³/mol. The zero-order chi connectivity index (χ0) is 16.6. The van der Waals surface area contributed by atoms with Crippen LogP contribution in [0.25, 0.3) is 11.0 Å². The first kappa shape index (κ1) is 14.7. The molecule has 116 valence electrons. The van der Waals surface area contributed by atoms with E-state index in [0.717, 1.165) is 18.2 Å². The molecule has 1 amide bonds. The van der Waals surface area contributed by atoms with Gasteiger partial charge >= 0.3 is 5.63 Å². The van der Waals surface area contributed by atoms with E-state index in [0.29, 0.717) is 0 Å². The lowest BCUT2D eigenvalue weighted by atomic mass is 10.1. The molecule has 0 unspecified atom stereocenters. The molecule has 0 radical (unpaired) electrons. The van der Waals surface area contributed by atoms with E-state index in [4.69, 9.17) is 4.42 Å². The molecule has 0 bridgehead atoms. The molecule has 2 N–H and O–H groups in total. The predicted octanol–water partition coefficient (Wildman–Crippen LogP) is 3.03. The maximum Gasteiger partial charge on any atom is 0.364 e. The molecule has 23 heavy (non-hydrogen) atoms. The van der Waals surface area contributed by atoms with E-state index in [1.165, 1.54) is 12.1 Å². The number of halogens is 2. The van der Waals surface area contributed by atoms with Gasteiger partial charge < -0.3 is 14.8 Å². The second-order valence-corrected chi connectivity index (χ2v) is 4.66. The van der Waals surface area contributed by atoms with E-state index in [9.17, 15) is 23.5 Å². The van der Waals surface area contributed by atoms with Crippen LogP contribution >= 0.6 is 0 Å². The van der Waals surface area contributed by atoms with Gasteiger partial charge in [-0.2, -0.15) is 0 Å². The number of fused-ring (bicyclic) bond motifs is 1. The third kappa shape index (κ3) is 2.52. The van der Waals surface area contributed by atoms with Gasteiger partial charge in [-0.25, -0.2) is 13.6 Å². The van der Waals surface area contributed by atoms with Gasteiger partial charge in [0.1, 0.15) is 22.8 Å². The van der Waals surface area contributed by atoms with Crippen molar-refractivity contribution < 1.29 is 23.1 Å². The van der Waals surface area contributed by atoms with Crippen molar-refractivity contribution in [2.24, 2.45) is 0 Å². The Kier molecular flexibility index (Phi) is 3.53. The molecule has 0 saturated carbocycles. The summed E-state index contributed by atoms with van der Waals surface area (Å²) in [7, 11) is 0. The van der Waals surface area contributed by atoms with Crippen molar-refractivity contribution in [3.8, 4) is 5.75 Å². The molecule has 0 aliphatic heterocycles. The van der Waals surface area contributed by atoms with Gasteiger partial charge in [-0.1, -0.05) is 18.2 Å². The average Bonchev–Trinajstić information content (AvgIpc) is 2.51. The summed E-state index contributed by atoms with van der Waals surface area (Å²) in [5.41, 5.74) is -2.37. The number of rotatable bonds is 2. The smallest absolute Gasteiger partial charge is 0.364 e. The molecule has 0 aliphatic carbocycles. The Morgan fingerprint density at radius 3 is 2.39 bits per heavy atom. The molecule has 3 rings (SSSR count). The Balaban J connectivity index is 2.08. The third-order valence-electron chi connectivity index (χ3n) is 3.21. The molecule has 0 aliphatic rings. The van der Waals surface area contributed by atoms with Gasteiger partial charge in [-0.05, 0) is 24.3 Å². The van der Waals surface area contributed by atoms with E-state index in [2.05, 4.69) is 0 Å². The fourth-order valence-electron chi connectivity index (χ4n) is 2.13. The fraction of sp³-hybridized carbons (Fsp3) is 0. The van der Waals surface area contributed by atoms with Crippen LogP contribution in [0.2, 0.25) is 0 Å². The molecule has 0 saturated heterocycles. The highest BCUT2D eigenvalue weighted by molar-refractivity contribution is 6.06. The molecular weight excluding hydrogens is 308 g/mol. The normalized spacial score (nSPS) is 10.7. The van der Waals surface area contributed by atoms with E-state index < -0.39 is 40.2 Å². The number of benzene rings is 2. The van der Waals surface area contributed by atoms with Crippen molar-refractivity contribution >= 4 is 22.6 Å². The lowest BCUT2D eigenvalue weighted by Crippen LogP contribution is -2.20. The van der Waals surface area contributed by atoms with Gasteiger partial charge in [-0.15, -0.1) is 0 Å². The minimum absolute atomic E-state index is 0.116. The van der Waals surface area contributed by atoms with Crippen molar-refractivity contribution in [3.63, 3.8) is 0 Å². The fourth-order valence-corrected chi connectivity index (χ4v) is 2.13. The number of hydrogen-bond donors (Lipinski definition) is 2. The maximum absolute atomic E-state index is 13.6. The largest absolute Gasteiger partial charge is 0.505 e. The van der Waals surface area contributed by atoms with Crippen LogP contribution in [0.5, 0.6) is 5.75 Å².